The van der Waals surface area contributed by atoms with E-state index in [0.29, 0.717) is 24.7 Å². The number of nitrogens with one attached hydrogen (secondary N) is 2. The van der Waals surface area contributed by atoms with Gasteiger partial charge in [-0.2, -0.15) is 0 Å². The van der Waals surface area contributed by atoms with Crippen molar-refractivity contribution in [2.45, 2.75) is 79.1 Å². The van der Waals surface area contributed by atoms with Crippen LogP contribution in [0.1, 0.15) is 79.1 Å². The first-order valence-electron chi connectivity index (χ1n) is 8.95. The number of carbonyl (C=O) groups is 2. The third kappa shape index (κ3) is 15.3. The van der Waals surface area contributed by atoms with Crippen LogP contribution in [-0.2, 0) is 9.59 Å². The van der Waals surface area contributed by atoms with Gasteiger partial charge in [-0.15, -0.1) is 0 Å². The topological polar surface area (TPSA) is 58.2 Å². The van der Waals surface area contributed by atoms with E-state index < -0.39 is 0 Å². The highest BCUT2D eigenvalue weighted by atomic mass is 16.2. The van der Waals surface area contributed by atoms with Gasteiger partial charge in [0.05, 0.1) is 0 Å². The Kier molecular flexibility index (Phi) is 12.9. The zero-order valence-corrected chi connectivity index (χ0v) is 15.0. The van der Waals surface area contributed by atoms with E-state index in [1.807, 2.05) is 0 Å². The second-order valence-corrected chi connectivity index (χ2v) is 6.98. The Bertz CT molecular complexity index is 271. The van der Waals surface area contributed by atoms with Crippen molar-refractivity contribution in [1.82, 2.24) is 10.6 Å². The van der Waals surface area contributed by atoms with Crippen LogP contribution in [0.15, 0.2) is 0 Å². The number of unbranched alkanes of at least 4 members (excludes halogenated alkanes) is 3. The molecule has 0 aliphatic rings. The number of hydrogen-bond donors (Lipinski definition) is 2. The van der Waals surface area contributed by atoms with Crippen LogP contribution in [0.4, 0.5) is 0 Å². The van der Waals surface area contributed by atoms with Crippen molar-refractivity contribution < 1.29 is 9.59 Å². The lowest BCUT2D eigenvalue weighted by Crippen LogP contribution is -2.25. The number of rotatable bonds is 13. The molecule has 0 aromatic rings. The lowest BCUT2D eigenvalue weighted by molar-refractivity contribution is -0.122. The van der Waals surface area contributed by atoms with Crippen molar-refractivity contribution in [2.24, 2.45) is 11.8 Å². The van der Waals surface area contributed by atoms with E-state index in [-0.39, 0.29) is 11.8 Å². The molecule has 130 valence electrons. The van der Waals surface area contributed by atoms with Gasteiger partial charge in [0, 0.05) is 25.9 Å². The number of amides is 2. The molecule has 0 bridgehead atoms. The highest BCUT2D eigenvalue weighted by Crippen LogP contribution is 2.04. The van der Waals surface area contributed by atoms with Crippen LogP contribution in [-0.4, -0.2) is 24.9 Å². The molecule has 0 saturated heterocycles. The molecule has 0 aromatic carbocycles. The molecule has 0 rings (SSSR count). The third-order valence-electron chi connectivity index (χ3n) is 3.65. The molecule has 0 radical (unpaired) electrons. The van der Waals surface area contributed by atoms with Crippen molar-refractivity contribution in [2.75, 3.05) is 13.1 Å². The van der Waals surface area contributed by atoms with Crippen LogP contribution < -0.4 is 10.6 Å². The summed E-state index contributed by atoms with van der Waals surface area (Å²) in [6, 6.07) is 0. The van der Waals surface area contributed by atoms with Gasteiger partial charge in [0.1, 0.15) is 0 Å². The quantitative estimate of drug-likeness (QED) is 0.510. The molecule has 0 spiro atoms. The Morgan fingerprint density at radius 1 is 0.682 bits per heavy atom. The molecule has 2 N–H and O–H groups in total. The van der Waals surface area contributed by atoms with E-state index in [4.69, 9.17) is 0 Å². The van der Waals surface area contributed by atoms with Gasteiger partial charge in [-0.05, 0) is 37.5 Å². The standard InChI is InChI=1S/C18H36N2O2/c1-15(2)9-11-17(21)19-13-7-5-6-8-14-20-18(22)12-10-16(3)4/h15-16H,5-14H2,1-4H3,(H,19,21)(H,20,22). The second kappa shape index (κ2) is 13.6. The highest BCUT2D eigenvalue weighted by Gasteiger charge is 2.03. The summed E-state index contributed by atoms with van der Waals surface area (Å²) in [5.41, 5.74) is 0. The summed E-state index contributed by atoms with van der Waals surface area (Å²) >= 11 is 0. The fraction of sp³-hybridized carbons (Fsp3) is 0.889. The lowest BCUT2D eigenvalue weighted by atomic mass is 10.1. The molecule has 0 unspecified atom stereocenters. The molecule has 0 aliphatic heterocycles. The molecule has 0 atom stereocenters. The van der Waals surface area contributed by atoms with E-state index in [0.717, 1.165) is 51.6 Å². The Morgan fingerprint density at radius 2 is 1.05 bits per heavy atom. The fourth-order valence-electron chi connectivity index (χ4n) is 2.08. The predicted molar refractivity (Wildman–Crippen MR) is 92.6 cm³/mol. The normalized spacial score (nSPS) is 11.0. The van der Waals surface area contributed by atoms with Crippen LogP contribution >= 0.6 is 0 Å². The Morgan fingerprint density at radius 3 is 1.36 bits per heavy atom. The van der Waals surface area contributed by atoms with E-state index >= 15 is 0 Å². The van der Waals surface area contributed by atoms with Crippen LogP contribution in [0.3, 0.4) is 0 Å². The molecule has 0 aromatic heterocycles. The average molecular weight is 312 g/mol. The minimum Gasteiger partial charge on any atom is -0.356 e. The van der Waals surface area contributed by atoms with Crippen LogP contribution in [0, 0.1) is 11.8 Å². The fourth-order valence-corrected chi connectivity index (χ4v) is 2.08. The molecule has 0 saturated carbocycles. The largest absolute Gasteiger partial charge is 0.356 e. The van der Waals surface area contributed by atoms with Crippen molar-refractivity contribution in [3.63, 3.8) is 0 Å². The number of carbonyl (C=O) groups excluding carboxylic acids is 2. The van der Waals surface area contributed by atoms with Gasteiger partial charge in [-0.25, -0.2) is 0 Å². The van der Waals surface area contributed by atoms with Gasteiger partial charge in [-0.1, -0.05) is 40.5 Å². The van der Waals surface area contributed by atoms with Crippen LogP contribution in [0.25, 0.3) is 0 Å². The number of hydrogen-bond acceptors (Lipinski definition) is 2. The van der Waals surface area contributed by atoms with Gasteiger partial charge in [-0.3, -0.25) is 9.59 Å². The summed E-state index contributed by atoms with van der Waals surface area (Å²) in [7, 11) is 0. The van der Waals surface area contributed by atoms with Crippen molar-refractivity contribution >= 4 is 11.8 Å². The molecule has 4 nitrogen and oxygen atoms in total. The van der Waals surface area contributed by atoms with Gasteiger partial charge in [0.25, 0.3) is 0 Å². The summed E-state index contributed by atoms with van der Waals surface area (Å²) in [5.74, 6) is 1.51. The molecule has 0 aliphatic carbocycles. The van der Waals surface area contributed by atoms with Gasteiger partial charge >= 0.3 is 0 Å². The maximum atomic E-state index is 11.5. The van der Waals surface area contributed by atoms with E-state index in [1.165, 1.54) is 0 Å². The molecular formula is C18H36N2O2. The first-order valence-corrected chi connectivity index (χ1v) is 8.95. The SMILES string of the molecule is CC(C)CCC(=O)NCCCCCCNC(=O)CCC(C)C. The maximum absolute atomic E-state index is 11.5. The zero-order valence-electron chi connectivity index (χ0n) is 15.0. The summed E-state index contributed by atoms with van der Waals surface area (Å²) in [6.45, 7) is 10.1. The molecule has 4 heteroatoms. The second-order valence-electron chi connectivity index (χ2n) is 6.98. The molecule has 22 heavy (non-hydrogen) atoms. The first-order chi connectivity index (χ1) is 10.4. The Labute approximate surface area is 136 Å². The predicted octanol–water partition coefficient (Wildman–Crippen LogP) is 3.65. The van der Waals surface area contributed by atoms with E-state index in [9.17, 15) is 9.59 Å². The summed E-state index contributed by atoms with van der Waals surface area (Å²) in [4.78, 5) is 23.0. The third-order valence-corrected chi connectivity index (χ3v) is 3.65. The maximum Gasteiger partial charge on any atom is 0.220 e. The summed E-state index contributed by atoms with van der Waals surface area (Å²) in [5, 5.41) is 5.93. The summed E-state index contributed by atoms with van der Waals surface area (Å²) in [6.07, 6.45) is 7.45. The first kappa shape index (κ1) is 20.9. The summed E-state index contributed by atoms with van der Waals surface area (Å²) < 4.78 is 0. The lowest BCUT2D eigenvalue weighted by Gasteiger charge is -2.08. The average Bonchev–Trinajstić information content (AvgIpc) is 2.45. The smallest absolute Gasteiger partial charge is 0.220 e. The van der Waals surface area contributed by atoms with Crippen molar-refractivity contribution in [3.8, 4) is 0 Å². The van der Waals surface area contributed by atoms with Crippen molar-refractivity contribution in [1.29, 1.82) is 0 Å². The Balaban J connectivity index is 3.30. The minimum atomic E-state index is 0.172. The van der Waals surface area contributed by atoms with Crippen LogP contribution in [0.5, 0.6) is 0 Å². The minimum absolute atomic E-state index is 0.172. The molecule has 0 fully saturated rings. The van der Waals surface area contributed by atoms with Gasteiger partial charge in [0.2, 0.25) is 11.8 Å². The highest BCUT2D eigenvalue weighted by molar-refractivity contribution is 5.76. The van der Waals surface area contributed by atoms with E-state index in [2.05, 4.69) is 38.3 Å². The molecular weight excluding hydrogens is 276 g/mol. The van der Waals surface area contributed by atoms with Crippen molar-refractivity contribution in [3.05, 3.63) is 0 Å². The van der Waals surface area contributed by atoms with E-state index in [1.54, 1.807) is 0 Å². The monoisotopic (exact) mass is 312 g/mol. The zero-order chi connectivity index (χ0) is 16.8. The van der Waals surface area contributed by atoms with Gasteiger partial charge < -0.3 is 10.6 Å². The van der Waals surface area contributed by atoms with Crippen LogP contribution in [0.2, 0.25) is 0 Å². The van der Waals surface area contributed by atoms with Gasteiger partial charge in [0.15, 0.2) is 0 Å². The Hall–Kier alpha value is -1.06. The molecule has 2 amide bonds. The molecule has 0 heterocycles.